The highest BCUT2D eigenvalue weighted by molar-refractivity contribution is 7.16. The van der Waals surface area contributed by atoms with Crippen LogP contribution in [0, 0.1) is 0 Å². The lowest BCUT2D eigenvalue weighted by atomic mass is 10.5. The molecule has 1 aliphatic carbocycles. The molecule has 2 heterocycles. The summed E-state index contributed by atoms with van der Waals surface area (Å²) < 4.78 is 3.68. The highest BCUT2D eigenvalue weighted by Crippen LogP contribution is 2.36. The van der Waals surface area contributed by atoms with Crippen LogP contribution in [-0.2, 0) is 7.05 Å². The third-order valence-electron chi connectivity index (χ3n) is 2.59. The number of aryl methyl sites for hydroxylation is 1. The molecule has 0 saturated heterocycles. The summed E-state index contributed by atoms with van der Waals surface area (Å²) >= 11 is 1.64. The number of thiophene rings is 1. The maximum atomic E-state index is 11.8. The van der Waals surface area contributed by atoms with Crippen LogP contribution in [0.2, 0.25) is 0 Å². The van der Waals surface area contributed by atoms with Gasteiger partial charge in [0.15, 0.2) is 0 Å². The predicted molar refractivity (Wildman–Crippen MR) is 53.3 cm³/mol. The first-order valence-corrected chi connectivity index (χ1v) is 5.31. The van der Waals surface area contributed by atoms with Gasteiger partial charge in [-0.25, -0.2) is 4.79 Å². The molecule has 0 amide bonds. The monoisotopic (exact) mass is 194 g/mol. The molecule has 68 valence electrons. The Balaban J connectivity index is 2.46. The van der Waals surface area contributed by atoms with E-state index in [4.69, 9.17) is 0 Å². The van der Waals surface area contributed by atoms with Crippen LogP contribution in [0.5, 0.6) is 0 Å². The van der Waals surface area contributed by atoms with Crippen molar-refractivity contribution in [2.75, 3.05) is 0 Å². The van der Waals surface area contributed by atoms with Crippen LogP contribution in [0.15, 0.2) is 16.2 Å². The highest BCUT2D eigenvalue weighted by Gasteiger charge is 2.28. The number of hydrogen-bond acceptors (Lipinski definition) is 2. The fourth-order valence-corrected chi connectivity index (χ4v) is 2.62. The first-order chi connectivity index (χ1) is 6.29. The zero-order valence-corrected chi connectivity index (χ0v) is 8.17. The van der Waals surface area contributed by atoms with E-state index in [1.807, 2.05) is 23.1 Å². The lowest BCUT2D eigenvalue weighted by molar-refractivity contribution is 0.696. The smallest absolute Gasteiger partial charge is 0.288 e. The summed E-state index contributed by atoms with van der Waals surface area (Å²) in [6, 6.07) is 2.52. The van der Waals surface area contributed by atoms with Gasteiger partial charge in [-0.3, -0.25) is 9.13 Å². The molecule has 1 saturated carbocycles. The van der Waals surface area contributed by atoms with Gasteiger partial charge in [-0.05, 0) is 24.3 Å². The van der Waals surface area contributed by atoms with Gasteiger partial charge in [0, 0.05) is 13.1 Å². The number of imidazole rings is 1. The van der Waals surface area contributed by atoms with E-state index < -0.39 is 0 Å². The largest absolute Gasteiger partial charge is 0.329 e. The Labute approximate surface area is 79.2 Å². The van der Waals surface area contributed by atoms with Crippen molar-refractivity contribution in [3.8, 4) is 0 Å². The Morgan fingerprint density at radius 3 is 3.00 bits per heavy atom. The Morgan fingerprint density at radius 2 is 2.31 bits per heavy atom. The molecule has 0 aliphatic heterocycles. The molecule has 2 aromatic heterocycles. The molecule has 0 radical (unpaired) electrons. The van der Waals surface area contributed by atoms with Gasteiger partial charge in [-0.2, -0.15) is 0 Å². The van der Waals surface area contributed by atoms with Crippen molar-refractivity contribution in [3.05, 3.63) is 21.9 Å². The van der Waals surface area contributed by atoms with E-state index in [2.05, 4.69) is 0 Å². The zero-order chi connectivity index (χ0) is 9.00. The molecule has 1 aliphatic rings. The maximum absolute atomic E-state index is 11.8. The molecule has 0 aromatic carbocycles. The minimum absolute atomic E-state index is 0.143. The summed E-state index contributed by atoms with van der Waals surface area (Å²) in [5.74, 6) is 0. The molecule has 3 nitrogen and oxygen atoms in total. The second kappa shape index (κ2) is 2.26. The molecule has 2 aromatic rings. The Bertz CT molecular complexity index is 515. The van der Waals surface area contributed by atoms with Crippen molar-refractivity contribution in [1.29, 1.82) is 0 Å². The molecule has 0 spiro atoms. The van der Waals surface area contributed by atoms with Crippen LogP contribution in [0.3, 0.4) is 0 Å². The zero-order valence-electron chi connectivity index (χ0n) is 7.36. The van der Waals surface area contributed by atoms with Gasteiger partial charge in [0.2, 0.25) is 0 Å². The number of aromatic nitrogens is 2. The van der Waals surface area contributed by atoms with E-state index in [0.29, 0.717) is 6.04 Å². The quantitative estimate of drug-likeness (QED) is 0.679. The third kappa shape index (κ3) is 0.864. The molecule has 4 heteroatoms. The average Bonchev–Trinajstić information content (AvgIpc) is 2.77. The normalized spacial score (nSPS) is 17.0. The summed E-state index contributed by atoms with van der Waals surface area (Å²) in [5, 5.41) is 2.04. The van der Waals surface area contributed by atoms with Crippen LogP contribution in [0.25, 0.3) is 10.3 Å². The molecular weight excluding hydrogens is 184 g/mol. The first-order valence-electron chi connectivity index (χ1n) is 4.43. The Hall–Kier alpha value is -1.03. The standard InChI is InChI=1S/C9H10N2OS/c1-10-8-7(4-5-13-8)11(9(10)12)6-2-3-6/h4-6H,2-3H2,1H3. The average molecular weight is 194 g/mol. The lowest BCUT2D eigenvalue weighted by Gasteiger charge is -1.95. The Kier molecular flexibility index (Phi) is 1.28. The molecule has 0 N–H and O–H groups in total. The number of fused-ring (bicyclic) bond motifs is 1. The van der Waals surface area contributed by atoms with Crippen molar-refractivity contribution < 1.29 is 0 Å². The number of nitrogens with zero attached hydrogens (tertiary/aromatic N) is 2. The molecule has 0 atom stereocenters. The van der Waals surface area contributed by atoms with Crippen LogP contribution >= 0.6 is 11.3 Å². The Morgan fingerprint density at radius 1 is 1.54 bits per heavy atom. The number of rotatable bonds is 1. The summed E-state index contributed by atoms with van der Waals surface area (Å²) in [6.45, 7) is 0. The van der Waals surface area contributed by atoms with Crippen LogP contribution < -0.4 is 5.69 Å². The van der Waals surface area contributed by atoms with Crippen LogP contribution in [0.4, 0.5) is 0 Å². The molecule has 13 heavy (non-hydrogen) atoms. The summed E-state index contributed by atoms with van der Waals surface area (Å²) in [6.07, 6.45) is 2.32. The lowest BCUT2D eigenvalue weighted by Crippen LogP contribution is -2.21. The van der Waals surface area contributed by atoms with Gasteiger partial charge in [-0.15, -0.1) is 11.3 Å². The van der Waals surface area contributed by atoms with E-state index >= 15 is 0 Å². The van der Waals surface area contributed by atoms with Gasteiger partial charge in [0.05, 0.1) is 5.52 Å². The fraction of sp³-hybridized carbons (Fsp3) is 0.444. The second-order valence-corrected chi connectivity index (χ2v) is 4.45. The van der Waals surface area contributed by atoms with Gasteiger partial charge >= 0.3 is 5.69 Å². The molecule has 0 bridgehead atoms. The second-order valence-electron chi connectivity index (χ2n) is 3.55. The van der Waals surface area contributed by atoms with E-state index in [-0.39, 0.29) is 5.69 Å². The van der Waals surface area contributed by atoms with Gasteiger partial charge in [0.25, 0.3) is 0 Å². The van der Waals surface area contributed by atoms with Crippen molar-refractivity contribution in [2.24, 2.45) is 7.05 Å². The molecule has 0 unspecified atom stereocenters. The maximum Gasteiger partial charge on any atom is 0.329 e. The van der Waals surface area contributed by atoms with E-state index in [1.165, 1.54) is 0 Å². The van der Waals surface area contributed by atoms with E-state index in [1.54, 1.807) is 15.9 Å². The van der Waals surface area contributed by atoms with Gasteiger partial charge < -0.3 is 0 Å². The van der Waals surface area contributed by atoms with Crippen molar-refractivity contribution in [3.63, 3.8) is 0 Å². The van der Waals surface area contributed by atoms with Gasteiger partial charge in [0.1, 0.15) is 4.83 Å². The van der Waals surface area contributed by atoms with Crippen molar-refractivity contribution >= 4 is 21.7 Å². The first kappa shape index (κ1) is 7.38. The van der Waals surface area contributed by atoms with Gasteiger partial charge in [-0.1, -0.05) is 0 Å². The van der Waals surface area contributed by atoms with E-state index in [0.717, 1.165) is 23.2 Å². The molecule has 3 rings (SSSR count). The summed E-state index contributed by atoms with van der Waals surface area (Å²) in [4.78, 5) is 12.9. The number of hydrogen-bond donors (Lipinski definition) is 0. The molecule has 1 fully saturated rings. The SMILES string of the molecule is Cn1c(=O)n(C2CC2)c2ccsc21. The molecular formula is C9H10N2OS. The van der Waals surface area contributed by atoms with E-state index in [9.17, 15) is 4.79 Å². The van der Waals surface area contributed by atoms with Crippen LogP contribution in [-0.4, -0.2) is 9.13 Å². The summed E-state index contributed by atoms with van der Waals surface area (Å²) in [5.41, 5.74) is 1.25. The van der Waals surface area contributed by atoms with Crippen molar-refractivity contribution in [1.82, 2.24) is 9.13 Å². The fourth-order valence-electron chi connectivity index (χ4n) is 1.77. The summed E-state index contributed by atoms with van der Waals surface area (Å²) in [7, 11) is 1.85. The topological polar surface area (TPSA) is 26.9 Å². The minimum Gasteiger partial charge on any atom is -0.288 e. The third-order valence-corrected chi connectivity index (χ3v) is 3.57. The van der Waals surface area contributed by atoms with Crippen LogP contribution in [0.1, 0.15) is 18.9 Å². The predicted octanol–water partition coefficient (Wildman–Crippen LogP) is 1.74. The minimum atomic E-state index is 0.143. The highest BCUT2D eigenvalue weighted by atomic mass is 32.1. The van der Waals surface area contributed by atoms with Crippen molar-refractivity contribution in [2.45, 2.75) is 18.9 Å².